The summed E-state index contributed by atoms with van der Waals surface area (Å²) in [4.78, 5) is 77.3. The van der Waals surface area contributed by atoms with Crippen molar-refractivity contribution >= 4 is 35.8 Å². The van der Waals surface area contributed by atoms with Gasteiger partial charge in [0.25, 0.3) is 5.91 Å². The highest BCUT2D eigenvalue weighted by Crippen LogP contribution is 2.28. The zero-order chi connectivity index (χ0) is 31.4. The number of hydrogen-bond acceptors (Lipinski definition) is 9. The number of carbonyl (C=O) groups is 6. The number of aliphatic hydroxyl groups excluding tert-OH is 2. The van der Waals surface area contributed by atoms with E-state index in [4.69, 9.17) is 5.73 Å². The largest absolute Gasteiger partial charge is 0.394 e. The lowest BCUT2D eigenvalue weighted by Crippen LogP contribution is -2.61. The van der Waals surface area contributed by atoms with E-state index in [0.717, 1.165) is 19.4 Å². The van der Waals surface area contributed by atoms with E-state index in [0.29, 0.717) is 49.5 Å². The van der Waals surface area contributed by atoms with Crippen LogP contribution in [0, 0.1) is 0 Å². The minimum atomic E-state index is -1.52. The van der Waals surface area contributed by atoms with Crippen LogP contribution >= 0.6 is 0 Å². The summed E-state index contributed by atoms with van der Waals surface area (Å²) in [5, 5.41) is 29.4. The zero-order valence-corrected chi connectivity index (χ0v) is 24.8. The van der Waals surface area contributed by atoms with Crippen LogP contribution in [0.4, 0.5) is 0 Å². The maximum Gasteiger partial charge on any atom is 0.281 e. The Bertz CT molecular complexity index is 976. The Morgan fingerprint density at radius 2 is 1.71 bits per heavy atom. The van der Waals surface area contributed by atoms with Crippen LogP contribution in [0.15, 0.2) is 0 Å². The zero-order valence-electron chi connectivity index (χ0n) is 24.8. The molecule has 2 aliphatic heterocycles. The van der Waals surface area contributed by atoms with Crippen LogP contribution in [0.1, 0.15) is 51.9 Å². The second kappa shape index (κ2) is 16.5. The molecule has 6 atom stereocenters. The van der Waals surface area contributed by atoms with Crippen LogP contribution in [0.25, 0.3) is 0 Å². The van der Waals surface area contributed by atoms with Crippen molar-refractivity contribution < 1.29 is 43.5 Å². The SMILES string of the molecule is C[C@@H](O)[C@H](NC(=O)[C@H](CCCCN)NC(=O)[C@@H]1CCCN1C(=O)[C@@H]1CCC[N+]1(C)C)C(=O)N[C@@H](CO)C(=O)NCC=O. The molecule has 0 aromatic rings. The van der Waals surface area contributed by atoms with Crippen molar-refractivity contribution in [2.24, 2.45) is 5.73 Å². The van der Waals surface area contributed by atoms with Gasteiger partial charge < -0.3 is 51.4 Å². The molecule has 42 heavy (non-hydrogen) atoms. The minimum absolute atomic E-state index is 0.0688. The summed E-state index contributed by atoms with van der Waals surface area (Å²) < 4.78 is 0.562. The molecule has 0 bridgehead atoms. The summed E-state index contributed by atoms with van der Waals surface area (Å²) in [6.45, 7) is 1.85. The first-order chi connectivity index (χ1) is 19.9. The van der Waals surface area contributed by atoms with Crippen LogP contribution in [0.3, 0.4) is 0 Å². The fourth-order valence-corrected chi connectivity index (χ4v) is 5.52. The van der Waals surface area contributed by atoms with Gasteiger partial charge in [0.15, 0.2) is 6.04 Å². The molecule has 2 fully saturated rings. The molecule has 0 unspecified atom stereocenters. The smallest absolute Gasteiger partial charge is 0.281 e. The highest BCUT2D eigenvalue weighted by atomic mass is 16.3. The quantitative estimate of drug-likeness (QED) is 0.0531. The molecule has 2 rings (SSSR count). The van der Waals surface area contributed by atoms with Crippen molar-refractivity contribution in [2.75, 3.05) is 46.9 Å². The second-order valence-corrected chi connectivity index (χ2v) is 11.6. The summed E-state index contributed by atoms with van der Waals surface area (Å²) in [6.07, 6.45) is 3.10. The van der Waals surface area contributed by atoms with Crippen molar-refractivity contribution in [1.29, 1.82) is 0 Å². The topological polar surface area (TPSA) is 220 Å². The third kappa shape index (κ3) is 9.44. The number of nitrogens with one attached hydrogen (secondary N) is 4. The van der Waals surface area contributed by atoms with E-state index in [1.807, 2.05) is 14.1 Å². The number of likely N-dealkylation sites (N-methyl/N-ethyl adjacent to an activating group) is 1. The summed E-state index contributed by atoms with van der Waals surface area (Å²) in [5.41, 5.74) is 5.61. The fraction of sp³-hybridized carbons (Fsp3) is 0.778. The van der Waals surface area contributed by atoms with Crippen molar-refractivity contribution in [3.05, 3.63) is 0 Å². The molecule has 0 saturated carbocycles. The molecule has 0 aromatic carbocycles. The monoisotopic (exact) mass is 598 g/mol. The normalized spacial score (nSPS) is 22.4. The maximum absolute atomic E-state index is 13.4. The Morgan fingerprint density at radius 1 is 1.00 bits per heavy atom. The van der Waals surface area contributed by atoms with E-state index in [2.05, 4.69) is 21.3 Å². The molecular weight excluding hydrogens is 550 g/mol. The van der Waals surface area contributed by atoms with Gasteiger partial charge in [0.05, 0.1) is 39.9 Å². The van der Waals surface area contributed by atoms with Gasteiger partial charge in [-0.2, -0.15) is 0 Å². The van der Waals surface area contributed by atoms with Crippen LogP contribution in [-0.4, -0.2) is 139 Å². The van der Waals surface area contributed by atoms with Crippen LogP contribution in [0.2, 0.25) is 0 Å². The van der Waals surface area contributed by atoms with Gasteiger partial charge in [-0.3, -0.25) is 24.0 Å². The summed E-state index contributed by atoms with van der Waals surface area (Å²) in [5.74, 6) is -3.05. The summed E-state index contributed by atoms with van der Waals surface area (Å²) in [7, 11) is 4.02. The first-order valence-electron chi connectivity index (χ1n) is 14.6. The molecule has 238 valence electrons. The summed E-state index contributed by atoms with van der Waals surface area (Å²) >= 11 is 0. The number of quaternary nitrogens is 1. The summed E-state index contributed by atoms with van der Waals surface area (Å²) in [6, 6.07) is -4.99. The third-order valence-corrected chi connectivity index (χ3v) is 8.00. The molecule has 15 nitrogen and oxygen atoms in total. The van der Waals surface area contributed by atoms with Gasteiger partial charge in [0.2, 0.25) is 23.6 Å². The highest BCUT2D eigenvalue weighted by molar-refractivity contribution is 5.96. The number of amides is 5. The number of nitrogens with two attached hydrogens (primary N) is 1. The second-order valence-electron chi connectivity index (χ2n) is 11.6. The molecule has 5 amide bonds. The fourth-order valence-electron chi connectivity index (χ4n) is 5.52. The van der Waals surface area contributed by atoms with E-state index in [-0.39, 0.29) is 24.9 Å². The average Bonchev–Trinajstić information content (AvgIpc) is 3.58. The Balaban J connectivity index is 2.14. The van der Waals surface area contributed by atoms with Crippen LogP contribution in [-0.2, 0) is 28.8 Å². The lowest BCUT2D eigenvalue weighted by Gasteiger charge is -2.35. The van der Waals surface area contributed by atoms with E-state index >= 15 is 0 Å². The van der Waals surface area contributed by atoms with Crippen LogP contribution in [0.5, 0.6) is 0 Å². The Kier molecular flexibility index (Phi) is 13.8. The Hall–Kier alpha value is -3.14. The van der Waals surface area contributed by atoms with Gasteiger partial charge in [0.1, 0.15) is 30.5 Å². The number of aliphatic hydroxyl groups is 2. The lowest BCUT2D eigenvalue weighted by molar-refractivity contribution is -0.893. The van der Waals surface area contributed by atoms with E-state index < -0.39 is 60.5 Å². The number of carbonyl (C=O) groups excluding carboxylic acids is 6. The van der Waals surface area contributed by atoms with Crippen molar-refractivity contribution in [3.63, 3.8) is 0 Å². The van der Waals surface area contributed by atoms with E-state index in [1.165, 1.54) is 6.92 Å². The highest BCUT2D eigenvalue weighted by Gasteiger charge is 2.46. The minimum Gasteiger partial charge on any atom is -0.394 e. The van der Waals surface area contributed by atoms with Crippen molar-refractivity contribution in [1.82, 2.24) is 26.2 Å². The molecular formula is C27H48N7O8+. The first-order valence-corrected chi connectivity index (χ1v) is 14.6. The van der Waals surface area contributed by atoms with Gasteiger partial charge in [-0.15, -0.1) is 0 Å². The van der Waals surface area contributed by atoms with E-state index in [9.17, 15) is 39.0 Å². The van der Waals surface area contributed by atoms with Gasteiger partial charge in [-0.25, -0.2) is 0 Å². The maximum atomic E-state index is 13.4. The first kappa shape index (κ1) is 35.1. The molecule has 15 heteroatoms. The predicted molar refractivity (Wildman–Crippen MR) is 151 cm³/mol. The molecule has 0 aliphatic carbocycles. The molecule has 2 aliphatic rings. The number of unbranched alkanes of at least 4 members (excludes halogenated alkanes) is 1. The lowest BCUT2D eigenvalue weighted by atomic mass is 10.0. The number of nitrogens with zero attached hydrogens (tertiary/aromatic N) is 2. The number of likely N-dealkylation sites (tertiary alicyclic amines) is 2. The molecule has 0 radical (unpaired) electrons. The Morgan fingerprint density at radius 3 is 2.29 bits per heavy atom. The van der Waals surface area contributed by atoms with Gasteiger partial charge in [0, 0.05) is 19.4 Å². The van der Waals surface area contributed by atoms with Gasteiger partial charge >= 0.3 is 0 Å². The Labute approximate surface area is 246 Å². The van der Waals surface area contributed by atoms with Crippen molar-refractivity contribution in [3.8, 4) is 0 Å². The molecule has 2 heterocycles. The number of rotatable bonds is 16. The number of hydrogen-bond donors (Lipinski definition) is 7. The third-order valence-electron chi connectivity index (χ3n) is 8.00. The van der Waals surface area contributed by atoms with Crippen LogP contribution < -0.4 is 27.0 Å². The standard InChI is InChI=1S/C27H47N7O8/c1-17(37)22(26(41)31-19(16-36)23(38)29-12-15-35)32-24(39)18(8-4-5-11-28)30-25(40)20-9-6-13-33(20)27(42)21-10-7-14-34(21,2)3/h15,17-22,36-37H,4-14,16,28H2,1-3H3,(H3-,29,30,31,32,38,39,40,41)/p+1/t17-,18+,19+,20+,21+,22+/m1/s1. The predicted octanol–water partition coefficient (Wildman–Crippen LogP) is -3.51. The van der Waals surface area contributed by atoms with Gasteiger partial charge in [-0.05, 0) is 45.6 Å². The number of aldehydes is 1. The molecule has 0 aromatic heterocycles. The van der Waals surface area contributed by atoms with Gasteiger partial charge in [-0.1, -0.05) is 0 Å². The average molecular weight is 599 g/mol. The molecule has 2 saturated heterocycles. The van der Waals surface area contributed by atoms with Crippen molar-refractivity contribution in [2.45, 2.75) is 88.2 Å². The van der Waals surface area contributed by atoms with E-state index in [1.54, 1.807) is 4.90 Å². The molecule has 8 N–H and O–H groups in total. The molecule has 0 spiro atoms.